The van der Waals surface area contributed by atoms with Crippen LogP contribution >= 0.6 is 0 Å². The minimum Gasteiger partial charge on any atom is -0.486 e. The van der Waals surface area contributed by atoms with E-state index >= 15 is 0 Å². The minimum absolute atomic E-state index is 0.0131. The lowest BCUT2D eigenvalue weighted by atomic mass is 10.1. The number of hydrazone groups is 1. The third-order valence-electron chi connectivity index (χ3n) is 2.43. The molecule has 0 heterocycles. The van der Waals surface area contributed by atoms with Crippen LogP contribution in [0.25, 0.3) is 0 Å². The third-order valence-corrected chi connectivity index (χ3v) is 2.43. The molecule has 0 aliphatic carbocycles. The second-order valence-electron chi connectivity index (χ2n) is 3.94. The van der Waals surface area contributed by atoms with Crippen LogP contribution in [0, 0.1) is 0 Å². The predicted octanol–water partition coefficient (Wildman–Crippen LogP) is 1.08. The van der Waals surface area contributed by atoms with Crippen molar-refractivity contribution in [2.45, 2.75) is 19.8 Å². The average molecular weight is 276 g/mol. The molecule has 0 bridgehead atoms. The number of carbonyl (C=O) groups is 3. The third kappa shape index (κ3) is 5.43. The van der Waals surface area contributed by atoms with Gasteiger partial charge in [0.25, 0.3) is 0 Å². The summed E-state index contributed by atoms with van der Waals surface area (Å²) in [4.78, 5) is 31.6. The normalized spacial score (nSPS) is 10.8. The molecule has 0 unspecified atom stereocenters. The van der Waals surface area contributed by atoms with E-state index in [1.54, 1.807) is 31.2 Å². The van der Waals surface area contributed by atoms with Crippen LogP contribution in [0.3, 0.4) is 0 Å². The highest BCUT2D eigenvalue weighted by Gasteiger charge is 2.01. The number of nitrogens with one attached hydrogen (secondary N) is 1. The smallest absolute Gasteiger partial charge is 0.240 e. The standard InChI is InChI=1S/C14H16N2O4/c1-11(15-16-14(19)3-2-8-17)12-4-6-13(7-5-12)20-10-9-18/h4-9H,2-3,10H2,1H3,(H,16,19)/b15-11+. The van der Waals surface area contributed by atoms with E-state index in [1.165, 1.54) is 0 Å². The fourth-order valence-corrected chi connectivity index (χ4v) is 1.38. The molecule has 1 rings (SSSR count). The van der Waals surface area contributed by atoms with E-state index in [4.69, 9.17) is 4.74 Å². The second-order valence-corrected chi connectivity index (χ2v) is 3.94. The van der Waals surface area contributed by atoms with Crippen LogP contribution in [0.15, 0.2) is 29.4 Å². The van der Waals surface area contributed by atoms with Gasteiger partial charge in [-0.25, -0.2) is 5.43 Å². The molecular formula is C14H16N2O4. The highest BCUT2D eigenvalue weighted by atomic mass is 16.5. The maximum atomic E-state index is 11.3. The van der Waals surface area contributed by atoms with Crippen LogP contribution in [-0.2, 0) is 14.4 Å². The largest absolute Gasteiger partial charge is 0.486 e. The van der Waals surface area contributed by atoms with Crippen molar-refractivity contribution in [1.82, 2.24) is 5.43 Å². The Bertz CT molecular complexity index is 494. The van der Waals surface area contributed by atoms with Crippen molar-refractivity contribution in [3.8, 4) is 5.75 Å². The summed E-state index contributed by atoms with van der Waals surface area (Å²) in [6.45, 7) is 1.76. The quantitative estimate of drug-likeness (QED) is 0.437. The highest BCUT2D eigenvalue weighted by Crippen LogP contribution is 2.12. The molecule has 6 heteroatoms. The van der Waals surface area contributed by atoms with Gasteiger partial charge in [-0.15, -0.1) is 0 Å². The molecule has 20 heavy (non-hydrogen) atoms. The monoisotopic (exact) mass is 276 g/mol. The molecule has 0 radical (unpaired) electrons. The summed E-state index contributed by atoms with van der Waals surface area (Å²) in [6.07, 6.45) is 1.67. The Morgan fingerprint density at radius 3 is 2.55 bits per heavy atom. The zero-order valence-electron chi connectivity index (χ0n) is 11.2. The maximum absolute atomic E-state index is 11.3. The highest BCUT2D eigenvalue weighted by molar-refractivity contribution is 5.99. The number of nitrogens with zero attached hydrogens (tertiary/aromatic N) is 1. The van der Waals surface area contributed by atoms with E-state index in [1.807, 2.05) is 0 Å². The number of benzene rings is 1. The Morgan fingerprint density at radius 1 is 1.25 bits per heavy atom. The van der Waals surface area contributed by atoms with E-state index in [0.29, 0.717) is 24.0 Å². The summed E-state index contributed by atoms with van der Waals surface area (Å²) in [5.41, 5.74) is 3.83. The van der Waals surface area contributed by atoms with Crippen molar-refractivity contribution in [2.75, 3.05) is 6.61 Å². The van der Waals surface area contributed by atoms with Gasteiger partial charge >= 0.3 is 0 Å². The van der Waals surface area contributed by atoms with Gasteiger partial charge in [-0.2, -0.15) is 5.10 Å². The molecule has 1 aromatic carbocycles. The summed E-state index contributed by atoms with van der Waals surface area (Å²) >= 11 is 0. The number of hydrogen-bond acceptors (Lipinski definition) is 5. The van der Waals surface area contributed by atoms with Gasteiger partial charge in [0.05, 0.1) is 5.71 Å². The first-order valence-electron chi connectivity index (χ1n) is 6.11. The van der Waals surface area contributed by atoms with Gasteiger partial charge in [0.1, 0.15) is 18.6 Å². The zero-order chi connectivity index (χ0) is 14.8. The molecule has 0 fully saturated rings. The molecule has 6 nitrogen and oxygen atoms in total. The van der Waals surface area contributed by atoms with E-state index in [0.717, 1.165) is 5.56 Å². The fourth-order valence-electron chi connectivity index (χ4n) is 1.38. The van der Waals surface area contributed by atoms with E-state index in [9.17, 15) is 14.4 Å². The lowest BCUT2D eigenvalue weighted by molar-refractivity contribution is -0.122. The summed E-state index contributed by atoms with van der Waals surface area (Å²) < 4.78 is 5.12. The molecule has 0 aromatic heterocycles. The van der Waals surface area contributed by atoms with Gasteiger partial charge in [0.15, 0.2) is 6.29 Å². The van der Waals surface area contributed by atoms with Crippen molar-refractivity contribution < 1.29 is 19.1 Å². The molecular weight excluding hydrogens is 260 g/mol. The lowest BCUT2D eigenvalue weighted by Gasteiger charge is -2.05. The van der Waals surface area contributed by atoms with Gasteiger partial charge in [-0.3, -0.25) is 9.59 Å². The number of rotatable bonds is 8. The van der Waals surface area contributed by atoms with Crippen molar-refractivity contribution >= 4 is 24.2 Å². The molecule has 0 saturated heterocycles. The van der Waals surface area contributed by atoms with Crippen LogP contribution in [0.5, 0.6) is 5.75 Å². The van der Waals surface area contributed by atoms with Crippen molar-refractivity contribution in [3.05, 3.63) is 29.8 Å². The fraction of sp³-hybridized carbons (Fsp3) is 0.286. The van der Waals surface area contributed by atoms with Crippen LogP contribution < -0.4 is 10.2 Å². The number of amides is 1. The van der Waals surface area contributed by atoms with Gasteiger partial charge in [-0.05, 0) is 36.8 Å². The van der Waals surface area contributed by atoms with Gasteiger partial charge in [0.2, 0.25) is 5.91 Å². The minimum atomic E-state index is -0.303. The molecule has 1 N–H and O–H groups in total. The number of aldehydes is 2. The molecule has 106 valence electrons. The van der Waals surface area contributed by atoms with Crippen molar-refractivity contribution in [1.29, 1.82) is 0 Å². The molecule has 0 saturated carbocycles. The lowest BCUT2D eigenvalue weighted by Crippen LogP contribution is -2.18. The molecule has 0 aliphatic rings. The molecule has 0 spiro atoms. The summed E-state index contributed by atoms with van der Waals surface area (Å²) in [5.74, 6) is 0.283. The predicted molar refractivity (Wildman–Crippen MR) is 73.7 cm³/mol. The molecule has 1 amide bonds. The van der Waals surface area contributed by atoms with Crippen LogP contribution in [0.4, 0.5) is 0 Å². The van der Waals surface area contributed by atoms with E-state index in [-0.39, 0.29) is 25.4 Å². The summed E-state index contributed by atoms with van der Waals surface area (Å²) in [6, 6.07) is 6.98. The van der Waals surface area contributed by atoms with Gasteiger partial charge in [-0.1, -0.05) is 0 Å². The van der Waals surface area contributed by atoms with Crippen LogP contribution in [-0.4, -0.2) is 30.8 Å². The van der Waals surface area contributed by atoms with E-state index in [2.05, 4.69) is 10.5 Å². The first-order chi connectivity index (χ1) is 9.67. The number of carbonyl (C=O) groups excluding carboxylic acids is 3. The molecule has 1 aromatic rings. The second kappa shape index (κ2) is 8.58. The zero-order valence-corrected chi connectivity index (χ0v) is 11.2. The number of ether oxygens (including phenoxy) is 1. The maximum Gasteiger partial charge on any atom is 0.240 e. The Morgan fingerprint density at radius 2 is 1.95 bits per heavy atom. The number of hydrogen-bond donors (Lipinski definition) is 1. The summed E-state index contributed by atoms with van der Waals surface area (Å²) in [7, 11) is 0. The van der Waals surface area contributed by atoms with Crippen molar-refractivity contribution in [2.24, 2.45) is 5.10 Å². The Hall–Kier alpha value is -2.50. The SMILES string of the molecule is C/C(=N\NC(=O)CCC=O)c1ccc(OCC=O)cc1. The van der Waals surface area contributed by atoms with E-state index < -0.39 is 0 Å². The van der Waals surface area contributed by atoms with Crippen LogP contribution in [0.2, 0.25) is 0 Å². The first kappa shape index (κ1) is 15.6. The summed E-state index contributed by atoms with van der Waals surface area (Å²) in [5, 5.41) is 3.94. The molecule has 0 atom stereocenters. The van der Waals surface area contributed by atoms with Crippen LogP contribution in [0.1, 0.15) is 25.3 Å². The van der Waals surface area contributed by atoms with Gasteiger partial charge < -0.3 is 9.53 Å². The average Bonchev–Trinajstić information content (AvgIpc) is 2.49. The Balaban J connectivity index is 2.57. The van der Waals surface area contributed by atoms with Gasteiger partial charge in [0, 0.05) is 12.8 Å². The Kier molecular flexibility index (Phi) is 6.67. The topological polar surface area (TPSA) is 84.8 Å². The van der Waals surface area contributed by atoms with Crippen molar-refractivity contribution in [3.63, 3.8) is 0 Å². The Labute approximate surface area is 116 Å². The first-order valence-corrected chi connectivity index (χ1v) is 6.11. The molecule has 0 aliphatic heterocycles.